The number of carbonyl (C=O) groups is 1. The number of amides is 1. The standard InChI is InChI=1S/C11H22N2O4/c1-3-4-5-12-11(17)7-9(15)10(16)8(14)6(2)13-7/h6-10,13-16H,3-5H2,1-2H3,(H,12,17)/t6-,7?,8-,9-,10+/m0/s1. The molecule has 0 aromatic rings. The highest BCUT2D eigenvalue weighted by Crippen LogP contribution is 2.15. The van der Waals surface area contributed by atoms with Crippen LogP contribution in [0.5, 0.6) is 0 Å². The molecular formula is C11H22N2O4. The third-order valence-corrected chi connectivity index (χ3v) is 3.11. The van der Waals surface area contributed by atoms with E-state index in [1.54, 1.807) is 6.92 Å². The Bertz CT molecular complexity index is 262. The number of nitrogens with one attached hydrogen (secondary N) is 2. The van der Waals surface area contributed by atoms with E-state index < -0.39 is 30.4 Å². The van der Waals surface area contributed by atoms with Crippen molar-refractivity contribution < 1.29 is 20.1 Å². The monoisotopic (exact) mass is 246 g/mol. The molecule has 0 bridgehead atoms. The van der Waals surface area contributed by atoms with Crippen molar-refractivity contribution in [3.63, 3.8) is 0 Å². The van der Waals surface area contributed by atoms with E-state index in [-0.39, 0.29) is 5.91 Å². The predicted molar refractivity (Wildman–Crippen MR) is 62.3 cm³/mol. The number of carbonyl (C=O) groups excluding carboxylic acids is 1. The van der Waals surface area contributed by atoms with Gasteiger partial charge in [-0.2, -0.15) is 0 Å². The van der Waals surface area contributed by atoms with E-state index in [1.165, 1.54) is 0 Å². The van der Waals surface area contributed by atoms with Crippen LogP contribution in [0.1, 0.15) is 26.7 Å². The Hall–Kier alpha value is -0.690. The van der Waals surface area contributed by atoms with Crippen LogP contribution in [0, 0.1) is 0 Å². The molecule has 0 aromatic carbocycles. The molecule has 0 saturated carbocycles. The van der Waals surface area contributed by atoms with Crippen LogP contribution < -0.4 is 10.6 Å². The number of hydrogen-bond acceptors (Lipinski definition) is 5. The highest BCUT2D eigenvalue weighted by molar-refractivity contribution is 5.82. The molecule has 1 rings (SSSR count). The van der Waals surface area contributed by atoms with Gasteiger partial charge in [0.2, 0.25) is 5.91 Å². The van der Waals surface area contributed by atoms with Crippen molar-refractivity contribution in [2.75, 3.05) is 6.54 Å². The highest BCUT2D eigenvalue weighted by atomic mass is 16.4. The Labute approximate surface area is 101 Å². The van der Waals surface area contributed by atoms with Crippen LogP contribution in [0.15, 0.2) is 0 Å². The predicted octanol–water partition coefficient (Wildman–Crippen LogP) is -1.65. The number of aliphatic hydroxyl groups is 3. The Balaban J connectivity index is 2.54. The molecule has 17 heavy (non-hydrogen) atoms. The second kappa shape index (κ2) is 6.30. The summed E-state index contributed by atoms with van der Waals surface area (Å²) in [5.41, 5.74) is 0. The number of aliphatic hydroxyl groups excluding tert-OH is 3. The molecule has 1 fully saturated rings. The van der Waals surface area contributed by atoms with E-state index in [4.69, 9.17) is 0 Å². The van der Waals surface area contributed by atoms with Crippen LogP contribution >= 0.6 is 0 Å². The van der Waals surface area contributed by atoms with Gasteiger partial charge >= 0.3 is 0 Å². The molecule has 1 unspecified atom stereocenters. The summed E-state index contributed by atoms with van der Waals surface area (Å²) in [6.45, 7) is 4.22. The fourth-order valence-corrected chi connectivity index (χ4v) is 1.90. The van der Waals surface area contributed by atoms with Crippen LogP contribution in [0.25, 0.3) is 0 Å². The second-order valence-electron chi connectivity index (χ2n) is 4.55. The smallest absolute Gasteiger partial charge is 0.239 e. The maximum Gasteiger partial charge on any atom is 0.239 e. The summed E-state index contributed by atoms with van der Waals surface area (Å²) in [6.07, 6.45) is -1.81. The molecular weight excluding hydrogens is 224 g/mol. The lowest BCUT2D eigenvalue weighted by atomic mass is 9.90. The average molecular weight is 246 g/mol. The van der Waals surface area contributed by atoms with Crippen molar-refractivity contribution in [3.05, 3.63) is 0 Å². The van der Waals surface area contributed by atoms with E-state index in [1.807, 2.05) is 6.92 Å². The lowest BCUT2D eigenvalue weighted by Crippen LogP contribution is -2.67. The molecule has 0 aliphatic carbocycles. The summed E-state index contributed by atoms with van der Waals surface area (Å²) in [6, 6.07) is -1.31. The molecule has 5 N–H and O–H groups in total. The van der Waals surface area contributed by atoms with Gasteiger partial charge < -0.3 is 20.6 Å². The lowest BCUT2D eigenvalue weighted by molar-refractivity contribution is -0.142. The number of unbranched alkanes of at least 4 members (excludes halogenated alkanes) is 1. The van der Waals surface area contributed by atoms with Gasteiger partial charge in [-0.25, -0.2) is 0 Å². The van der Waals surface area contributed by atoms with Crippen LogP contribution in [-0.4, -0.2) is 58.2 Å². The van der Waals surface area contributed by atoms with Gasteiger partial charge in [-0.1, -0.05) is 13.3 Å². The van der Waals surface area contributed by atoms with Crippen molar-refractivity contribution in [1.29, 1.82) is 0 Å². The molecule has 6 heteroatoms. The minimum Gasteiger partial charge on any atom is -0.389 e. The maximum atomic E-state index is 11.8. The Morgan fingerprint density at radius 1 is 1.24 bits per heavy atom. The van der Waals surface area contributed by atoms with Gasteiger partial charge in [0.1, 0.15) is 18.2 Å². The molecule has 0 aromatic heterocycles. The van der Waals surface area contributed by atoms with Crippen molar-refractivity contribution in [1.82, 2.24) is 10.6 Å². The molecule has 1 heterocycles. The third-order valence-electron chi connectivity index (χ3n) is 3.11. The summed E-state index contributed by atoms with van der Waals surface area (Å²) in [5.74, 6) is -0.344. The van der Waals surface area contributed by atoms with Crippen LogP contribution in [0.2, 0.25) is 0 Å². The molecule has 6 nitrogen and oxygen atoms in total. The summed E-state index contributed by atoms with van der Waals surface area (Å²) in [4.78, 5) is 11.8. The Morgan fingerprint density at radius 3 is 2.47 bits per heavy atom. The highest BCUT2D eigenvalue weighted by Gasteiger charge is 2.43. The Morgan fingerprint density at radius 2 is 1.88 bits per heavy atom. The van der Waals surface area contributed by atoms with E-state index >= 15 is 0 Å². The van der Waals surface area contributed by atoms with E-state index in [9.17, 15) is 20.1 Å². The summed E-state index contributed by atoms with van der Waals surface area (Å²) in [5, 5.41) is 34.3. The van der Waals surface area contributed by atoms with Crippen molar-refractivity contribution >= 4 is 5.91 Å². The fraction of sp³-hybridized carbons (Fsp3) is 0.909. The quantitative estimate of drug-likeness (QED) is 0.382. The largest absolute Gasteiger partial charge is 0.389 e. The van der Waals surface area contributed by atoms with Gasteiger partial charge in [0.05, 0.1) is 6.10 Å². The van der Waals surface area contributed by atoms with Crippen molar-refractivity contribution in [2.45, 2.75) is 57.1 Å². The Kier molecular flexibility index (Phi) is 5.32. The van der Waals surface area contributed by atoms with E-state index in [2.05, 4.69) is 10.6 Å². The molecule has 1 aliphatic rings. The summed E-state index contributed by atoms with van der Waals surface area (Å²) in [7, 11) is 0. The lowest BCUT2D eigenvalue weighted by Gasteiger charge is -2.39. The molecule has 0 spiro atoms. The number of hydrogen-bond donors (Lipinski definition) is 5. The molecule has 5 atom stereocenters. The first kappa shape index (κ1) is 14.4. The number of piperidine rings is 1. The first-order valence-corrected chi connectivity index (χ1v) is 6.07. The minimum atomic E-state index is -1.30. The van der Waals surface area contributed by atoms with Gasteiger partial charge in [-0.15, -0.1) is 0 Å². The topological polar surface area (TPSA) is 102 Å². The molecule has 100 valence electrons. The van der Waals surface area contributed by atoms with Gasteiger partial charge in [-0.3, -0.25) is 10.1 Å². The van der Waals surface area contributed by atoms with Gasteiger partial charge in [-0.05, 0) is 13.3 Å². The maximum absolute atomic E-state index is 11.8. The van der Waals surface area contributed by atoms with Crippen molar-refractivity contribution in [2.24, 2.45) is 0 Å². The van der Waals surface area contributed by atoms with Gasteiger partial charge in [0.25, 0.3) is 0 Å². The molecule has 0 radical (unpaired) electrons. The summed E-state index contributed by atoms with van der Waals surface area (Å²) >= 11 is 0. The van der Waals surface area contributed by atoms with Crippen LogP contribution in [0.4, 0.5) is 0 Å². The zero-order valence-electron chi connectivity index (χ0n) is 10.3. The molecule has 1 aliphatic heterocycles. The molecule has 1 saturated heterocycles. The molecule has 1 amide bonds. The minimum absolute atomic E-state index is 0.344. The fourth-order valence-electron chi connectivity index (χ4n) is 1.90. The van der Waals surface area contributed by atoms with E-state index in [0.29, 0.717) is 6.54 Å². The average Bonchev–Trinajstić information content (AvgIpc) is 2.31. The normalized spacial score (nSPS) is 37.8. The first-order valence-electron chi connectivity index (χ1n) is 6.07. The SMILES string of the molecule is CCCCNC(=O)C1N[C@@H](C)[C@H](O)[C@@H](O)[C@H]1O. The second-order valence-corrected chi connectivity index (χ2v) is 4.55. The van der Waals surface area contributed by atoms with Crippen LogP contribution in [-0.2, 0) is 4.79 Å². The first-order chi connectivity index (χ1) is 7.99. The third kappa shape index (κ3) is 3.38. The van der Waals surface area contributed by atoms with Gasteiger partial charge in [0, 0.05) is 12.6 Å². The van der Waals surface area contributed by atoms with Crippen molar-refractivity contribution in [3.8, 4) is 0 Å². The van der Waals surface area contributed by atoms with E-state index in [0.717, 1.165) is 12.8 Å². The number of rotatable bonds is 4. The van der Waals surface area contributed by atoms with Crippen LogP contribution in [0.3, 0.4) is 0 Å². The zero-order valence-corrected chi connectivity index (χ0v) is 10.3. The zero-order chi connectivity index (χ0) is 13.0. The van der Waals surface area contributed by atoms with Gasteiger partial charge in [0.15, 0.2) is 0 Å². The summed E-state index contributed by atoms with van der Waals surface area (Å²) < 4.78 is 0.